The molecule has 2 aromatic heterocycles. The Balaban J connectivity index is 2.14. The van der Waals surface area contributed by atoms with Crippen molar-refractivity contribution in [1.29, 1.82) is 0 Å². The lowest BCUT2D eigenvalue weighted by Crippen LogP contribution is -2.05. The largest absolute Gasteiger partial charge is 0.416 e. The molecular weight excluding hydrogens is 331 g/mol. The zero-order chi connectivity index (χ0) is 16.8. The van der Waals surface area contributed by atoms with E-state index >= 15 is 0 Å². The Kier molecular flexibility index (Phi) is 3.60. The fraction of sp³-hybridized carbons (Fsp3) is 0.133. The van der Waals surface area contributed by atoms with Crippen molar-refractivity contribution in [3.05, 3.63) is 58.8 Å². The second-order valence-corrected chi connectivity index (χ2v) is 5.33. The second-order valence-electron chi connectivity index (χ2n) is 4.94. The van der Waals surface area contributed by atoms with Crippen molar-refractivity contribution in [1.82, 2.24) is 14.5 Å². The highest BCUT2D eigenvalue weighted by Crippen LogP contribution is 2.33. The maximum atomic E-state index is 12.8. The van der Waals surface area contributed by atoms with Crippen molar-refractivity contribution in [3.8, 4) is 0 Å². The van der Waals surface area contributed by atoms with Crippen LogP contribution in [-0.2, 0) is 13.2 Å². The van der Waals surface area contributed by atoms with Crippen LogP contribution in [0.4, 0.5) is 13.2 Å². The Bertz CT molecular complexity index is 918. The lowest BCUT2D eigenvalue weighted by molar-refractivity contribution is -0.137. The number of nitrogens with zero attached hydrogens (tertiary/aromatic N) is 3. The van der Waals surface area contributed by atoms with Gasteiger partial charge >= 0.3 is 6.18 Å². The van der Waals surface area contributed by atoms with Crippen LogP contribution in [0, 0.1) is 0 Å². The molecule has 0 radical (unpaired) electrons. The average Bonchev–Trinajstić information content (AvgIpc) is 2.82. The van der Waals surface area contributed by atoms with Crippen LogP contribution in [0.25, 0.3) is 10.9 Å². The van der Waals surface area contributed by atoms with Gasteiger partial charge in [-0.15, -0.1) is 0 Å². The van der Waals surface area contributed by atoms with Gasteiger partial charge in [-0.2, -0.15) is 13.2 Å². The number of hydrogen-bond acceptors (Lipinski definition) is 3. The van der Waals surface area contributed by atoms with Gasteiger partial charge in [-0.25, -0.2) is 9.97 Å². The highest BCUT2D eigenvalue weighted by atomic mass is 35.5. The van der Waals surface area contributed by atoms with Gasteiger partial charge in [0, 0.05) is 35.8 Å². The van der Waals surface area contributed by atoms with Crippen LogP contribution in [0.5, 0.6) is 0 Å². The Morgan fingerprint density at radius 2 is 1.96 bits per heavy atom. The third-order valence-electron chi connectivity index (χ3n) is 3.43. The van der Waals surface area contributed by atoms with Crippen LogP contribution in [0.1, 0.15) is 21.6 Å². The summed E-state index contributed by atoms with van der Waals surface area (Å²) in [6, 6.07) is 4.56. The number of carbonyl (C=O) groups is 1. The zero-order valence-electron chi connectivity index (χ0n) is 11.7. The highest BCUT2D eigenvalue weighted by Gasteiger charge is 2.31. The van der Waals surface area contributed by atoms with E-state index < -0.39 is 17.5 Å². The molecule has 0 atom stereocenters. The number of carbonyl (C=O) groups excluding carboxylic acids is 1. The summed E-state index contributed by atoms with van der Waals surface area (Å²) in [4.78, 5) is 20.1. The van der Waals surface area contributed by atoms with E-state index in [1.807, 2.05) is 0 Å². The summed E-state index contributed by atoms with van der Waals surface area (Å²) in [5.41, 5.74) is -0.123. The van der Waals surface area contributed by atoms with Gasteiger partial charge in [-0.1, -0.05) is 17.7 Å². The van der Waals surface area contributed by atoms with Crippen LogP contribution >= 0.6 is 11.6 Å². The summed E-state index contributed by atoms with van der Waals surface area (Å²) in [5.74, 6) is -0.431. The molecule has 0 fully saturated rings. The molecule has 0 saturated heterocycles. The average molecular weight is 340 g/mol. The molecule has 0 N–H and O–H groups in total. The van der Waals surface area contributed by atoms with Crippen LogP contribution in [0.2, 0.25) is 5.15 Å². The van der Waals surface area contributed by atoms with Crippen LogP contribution in [0.15, 0.2) is 36.8 Å². The van der Waals surface area contributed by atoms with Crippen molar-refractivity contribution in [2.24, 2.45) is 7.05 Å². The van der Waals surface area contributed by atoms with Gasteiger partial charge in [0.1, 0.15) is 17.2 Å². The summed E-state index contributed by atoms with van der Waals surface area (Å²) >= 11 is 5.74. The fourth-order valence-corrected chi connectivity index (χ4v) is 2.48. The molecule has 0 spiro atoms. The molecule has 0 saturated carbocycles. The van der Waals surface area contributed by atoms with Crippen molar-refractivity contribution in [3.63, 3.8) is 0 Å². The van der Waals surface area contributed by atoms with Gasteiger partial charge < -0.3 is 4.57 Å². The minimum absolute atomic E-state index is 0.0809. The second kappa shape index (κ2) is 5.34. The minimum atomic E-state index is -4.44. The van der Waals surface area contributed by atoms with Gasteiger partial charge in [0.2, 0.25) is 5.78 Å². The molecule has 23 heavy (non-hydrogen) atoms. The molecule has 3 rings (SSSR count). The minimum Gasteiger partial charge on any atom is -0.350 e. The fourth-order valence-electron chi connectivity index (χ4n) is 2.34. The van der Waals surface area contributed by atoms with E-state index in [-0.39, 0.29) is 16.4 Å². The lowest BCUT2D eigenvalue weighted by Gasteiger charge is -2.07. The zero-order valence-corrected chi connectivity index (χ0v) is 12.5. The van der Waals surface area contributed by atoms with Crippen LogP contribution < -0.4 is 0 Å². The number of benzene rings is 1. The number of halogens is 4. The summed E-state index contributed by atoms with van der Waals surface area (Å²) in [5, 5.41) is 0.531. The summed E-state index contributed by atoms with van der Waals surface area (Å²) < 4.78 is 39.9. The highest BCUT2D eigenvalue weighted by molar-refractivity contribution is 6.30. The van der Waals surface area contributed by atoms with Gasteiger partial charge in [0.25, 0.3) is 0 Å². The van der Waals surface area contributed by atoms with Crippen LogP contribution in [-0.4, -0.2) is 20.3 Å². The van der Waals surface area contributed by atoms with Gasteiger partial charge in [0.05, 0.1) is 5.56 Å². The first kappa shape index (κ1) is 15.5. The molecular formula is C15H9ClF3N3O. The summed E-state index contributed by atoms with van der Waals surface area (Å²) in [6.07, 6.45) is -1.81. The number of aromatic nitrogens is 3. The lowest BCUT2D eigenvalue weighted by atomic mass is 10.1. The molecule has 0 bridgehead atoms. The smallest absolute Gasteiger partial charge is 0.350 e. The molecule has 2 heterocycles. The molecule has 3 aromatic rings. The Morgan fingerprint density at radius 1 is 1.22 bits per heavy atom. The first-order chi connectivity index (χ1) is 10.8. The van der Waals surface area contributed by atoms with E-state index in [2.05, 4.69) is 9.97 Å². The number of rotatable bonds is 2. The molecule has 8 heteroatoms. The Labute approximate surface area is 133 Å². The van der Waals surface area contributed by atoms with Crippen molar-refractivity contribution in [2.75, 3.05) is 0 Å². The number of ketones is 1. The summed E-state index contributed by atoms with van der Waals surface area (Å²) in [7, 11) is 1.58. The topological polar surface area (TPSA) is 47.8 Å². The van der Waals surface area contributed by atoms with E-state index in [1.54, 1.807) is 7.05 Å². The maximum Gasteiger partial charge on any atom is 0.416 e. The third-order valence-corrected chi connectivity index (χ3v) is 3.64. The van der Waals surface area contributed by atoms with Gasteiger partial charge in [0.15, 0.2) is 0 Å². The molecule has 0 aliphatic rings. The quantitative estimate of drug-likeness (QED) is 0.526. The Hall–Kier alpha value is -2.41. The monoisotopic (exact) mass is 339 g/mol. The standard InChI is InChI=1S/C15H9ClF3N3O/c1-22-6-10(14(23)11-5-13(16)21-7-20-11)9-3-2-8(4-12(9)22)15(17,18)19/h2-7H,1H3. The number of fused-ring (bicyclic) bond motifs is 1. The number of hydrogen-bond donors (Lipinski definition) is 0. The van der Waals surface area contributed by atoms with Crippen molar-refractivity contribution >= 4 is 28.3 Å². The number of aryl methyl sites for hydroxylation is 1. The molecule has 0 amide bonds. The van der Waals surface area contributed by atoms with Gasteiger partial charge in [-0.3, -0.25) is 4.79 Å². The van der Waals surface area contributed by atoms with E-state index in [0.717, 1.165) is 18.5 Å². The SMILES string of the molecule is Cn1cc(C(=O)c2cc(Cl)ncn2)c2ccc(C(F)(F)F)cc21. The van der Waals surface area contributed by atoms with Crippen LogP contribution in [0.3, 0.4) is 0 Å². The van der Waals surface area contributed by atoms with Crippen molar-refractivity contribution < 1.29 is 18.0 Å². The molecule has 1 aromatic carbocycles. The molecule has 118 valence electrons. The van der Waals surface area contributed by atoms with E-state index in [0.29, 0.717) is 10.9 Å². The van der Waals surface area contributed by atoms with E-state index in [4.69, 9.17) is 11.6 Å². The molecule has 4 nitrogen and oxygen atoms in total. The molecule has 0 aliphatic heterocycles. The molecule has 0 unspecified atom stereocenters. The normalized spacial score (nSPS) is 11.9. The first-order valence-corrected chi connectivity index (χ1v) is 6.83. The van der Waals surface area contributed by atoms with Gasteiger partial charge in [-0.05, 0) is 12.1 Å². The van der Waals surface area contributed by atoms with E-state index in [1.165, 1.54) is 22.9 Å². The summed E-state index contributed by atoms with van der Waals surface area (Å²) in [6.45, 7) is 0. The number of alkyl halides is 3. The third kappa shape index (κ3) is 2.79. The first-order valence-electron chi connectivity index (χ1n) is 6.46. The predicted octanol–water partition coefficient (Wildman–Crippen LogP) is 3.87. The maximum absolute atomic E-state index is 12.8. The predicted molar refractivity (Wildman–Crippen MR) is 78.4 cm³/mol. The van der Waals surface area contributed by atoms with E-state index in [9.17, 15) is 18.0 Å². The van der Waals surface area contributed by atoms with Crippen molar-refractivity contribution in [2.45, 2.75) is 6.18 Å². The Morgan fingerprint density at radius 3 is 2.61 bits per heavy atom. The molecule has 0 aliphatic carbocycles.